The van der Waals surface area contributed by atoms with E-state index in [0.717, 1.165) is 0 Å². The monoisotopic (exact) mass is 460 g/mol. The number of amides is 1. The second kappa shape index (κ2) is 11.2. The van der Waals surface area contributed by atoms with Gasteiger partial charge >= 0.3 is 11.9 Å². The molecule has 0 saturated carbocycles. The molecule has 1 unspecified atom stereocenters. The molecule has 0 bridgehead atoms. The van der Waals surface area contributed by atoms with Crippen LogP contribution in [0.2, 0.25) is 0 Å². The average molecular weight is 460 g/mol. The zero-order valence-corrected chi connectivity index (χ0v) is 19.5. The molecule has 0 aliphatic carbocycles. The van der Waals surface area contributed by atoms with Gasteiger partial charge in [-0.1, -0.05) is 0 Å². The van der Waals surface area contributed by atoms with Crippen LogP contribution in [0.5, 0.6) is 11.5 Å². The molecule has 33 heavy (non-hydrogen) atoms. The number of ketones is 1. The van der Waals surface area contributed by atoms with Crippen molar-refractivity contribution in [2.24, 2.45) is 0 Å². The van der Waals surface area contributed by atoms with Gasteiger partial charge in [-0.2, -0.15) is 0 Å². The van der Waals surface area contributed by atoms with Crippen LogP contribution in [-0.2, 0) is 14.3 Å². The van der Waals surface area contributed by atoms with Gasteiger partial charge in [0.25, 0.3) is 5.91 Å². The number of esters is 2. The Bertz CT molecular complexity index is 1060. The lowest BCUT2D eigenvalue weighted by Gasteiger charge is -2.13. The molecule has 10 nitrogen and oxygen atoms in total. The number of carbonyl (C=O) groups is 4. The first-order chi connectivity index (χ1) is 15.6. The Hall–Kier alpha value is -3.82. The van der Waals surface area contributed by atoms with Crippen molar-refractivity contribution in [1.29, 1.82) is 0 Å². The maximum atomic E-state index is 12.8. The van der Waals surface area contributed by atoms with Gasteiger partial charge in [-0.05, 0) is 51.5 Å². The Kier molecular flexibility index (Phi) is 8.61. The normalized spacial score (nSPS) is 11.3. The molecule has 2 aromatic rings. The van der Waals surface area contributed by atoms with Gasteiger partial charge in [0.1, 0.15) is 6.54 Å². The van der Waals surface area contributed by atoms with E-state index in [2.05, 4.69) is 10.3 Å². The van der Waals surface area contributed by atoms with Crippen molar-refractivity contribution in [2.75, 3.05) is 27.4 Å². The molecule has 0 spiro atoms. The van der Waals surface area contributed by atoms with Crippen molar-refractivity contribution in [3.63, 3.8) is 0 Å². The number of ether oxygens (including phenoxy) is 4. The van der Waals surface area contributed by atoms with Gasteiger partial charge in [-0.25, -0.2) is 4.79 Å². The van der Waals surface area contributed by atoms with E-state index in [0.29, 0.717) is 22.8 Å². The number of hydrogen-bond donors (Lipinski definition) is 2. The Labute approximate surface area is 191 Å². The Balaban J connectivity index is 1.99. The van der Waals surface area contributed by atoms with Crippen LogP contribution in [0, 0.1) is 13.8 Å². The minimum absolute atomic E-state index is 0.158. The fourth-order valence-corrected chi connectivity index (χ4v) is 3.23. The van der Waals surface area contributed by atoms with Crippen molar-refractivity contribution in [2.45, 2.75) is 33.8 Å². The minimum atomic E-state index is -1.14. The van der Waals surface area contributed by atoms with Crippen LogP contribution in [0.4, 0.5) is 0 Å². The summed E-state index contributed by atoms with van der Waals surface area (Å²) in [7, 11) is 2.92. The van der Waals surface area contributed by atoms with Gasteiger partial charge in [0, 0.05) is 11.3 Å². The number of aromatic amines is 1. The molecular weight excluding hydrogens is 432 g/mol. The zero-order chi connectivity index (χ0) is 24.7. The van der Waals surface area contributed by atoms with Crippen LogP contribution in [0.1, 0.15) is 56.3 Å². The molecule has 178 valence electrons. The first kappa shape index (κ1) is 25.4. The summed E-state index contributed by atoms with van der Waals surface area (Å²) in [5.74, 6) is -1.54. The highest BCUT2D eigenvalue weighted by Gasteiger charge is 2.27. The van der Waals surface area contributed by atoms with E-state index in [1.54, 1.807) is 26.8 Å². The van der Waals surface area contributed by atoms with Gasteiger partial charge in [-0.15, -0.1) is 0 Å². The topological polar surface area (TPSA) is 133 Å². The van der Waals surface area contributed by atoms with E-state index in [-0.39, 0.29) is 23.4 Å². The Morgan fingerprint density at radius 3 is 2.33 bits per heavy atom. The molecule has 1 atom stereocenters. The molecule has 0 radical (unpaired) electrons. The second-order valence-electron chi connectivity index (χ2n) is 7.09. The predicted molar refractivity (Wildman–Crippen MR) is 118 cm³/mol. The molecule has 2 rings (SSSR count). The van der Waals surface area contributed by atoms with E-state index in [1.807, 2.05) is 0 Å². The summed E-state index contributed by atoms with van der Waals surface area (Å²) >= 11 is 0. The maximum absolute atomic E-state index is 12.8. The van der Waals surface area contributed by atoms with Crippen LogP contribution in [0.25, 0.3) is 0 Å². The number of nitrogens with one attached hydrogen (secondary N) is 2. The third-order valence-electron chi connectivity index (χ3n) is 4.88. The summed E-state index contributed by atoms with van der Waals surface area (Å²) in [4.78, 5) is 52.3. The summed E-state index contributed by atoms with van der Waals surface area (Å²) in [6, 6.07) is 4.56. The number of aromatic nitrogens is 1. The minimum Gasteiger partial charge on any atom is -0.493 e. The van der Waals surface area contributed by atoms with Crippen molar-refractivity contribution in [3.05, 3.63) is 46.3 Å². The van der Waals surface area contributed by atoms with Gasteiger partial charge in [0.05, 0.1) is 32.1 Å². The van der Waals surface area contributed by atoms with Crippen molar-refractivity contribution in [3.8, 4) is 11.5 Å². The second-order valence-corrected chi connectivity index (χ2v) is 7.09. The third-order valence-corrected chi connectivity index (χ3v) is 4.88. The molecule has 0 aliphatic rings. The van der Waals surface area contributed by atoms with E-state index < -0.39 is 36.3 Å². The lowest BCUT2D eigenvalue weighted by Crippen LogP contribution is -2.34. The number of Topliss-reactive ketones (excluding diaryl/α,β-unsaturated/α-hetero) is 1. The third kappa shape index (κ3) is 5.91. The first-order valence-corrected chi connectivity index (χ1v) is 10.2. The summed E-state index contributed by atoms with van der Waals surface area (Å²) < 4.78 is 20.5. The lowest BCUT2D eigenvalue weighted by molar-refractivity contribution is -0.145. The first-order valence-electron chi connectivity index (χ1n) is 10.2. The van der Waals surface area contributed by atoms with E-state index in [4.69, 9.17) is 18.9 Å². The maximum Gasteiger partial charge on any atom is 0.340 e. The van der Waals surface area contributed by atoms with Crippen LogP contribution >= 0.6 is 0 Å². The molecule has 0 aliphatic heterocycles. The highest BCUT2D eigenvalue weighted by atomic mass is 16.5. The van der Waals surface area contributed by atoms with Gasteiger partial charge in [0.15, 0.2) is 17.6 Å². The fourth-order valence-electron chi connectivity index (χ4n) is 3.23. The van der Waals surface area contributed by atoms with Crippen LogP contribution in [0.3, 0.4) is 0 Å². The Morgan fingerprint density at radius 1 is 1.06 bits per heavy atom. The number of H-pyrrole nitrogens is 1. The average Bonchev–Trinajstić information content (AvgIpc) is 3.10. The molecular formula is C23H28N2O8. The van der Waals surface area contributed by atoms with Gasteiger partial charge in [0.2, 0.25) is 5.78 Å². The fraction of sp³-hybridized carbons (Fsp3) is 0.391. The number of carbonyl (C=O) groups excluding carboxylic acids is 4. The van der Waals surface area contributed by atoms with Crippen LogP contribution < -0.4 is 14.8 Å². The zero-order valence-electron chi connectivity index (χ0n) is 19.5. The Morgan fingerprint density at radius 2 is 1.73 bits per heavy atom. The molecule has 1 aromatic heterocycles. The SMILES string of the molecule is CCOC(=O)c1c(C)[nH]c(C(=O)C(C)OC(=O)CNC(=O)c2ccc(OC)c(OC)c2)c1C. The highest BCUT2D eigenvalue weighted by Crippen LogP contribution is 2.27. The number of rotatable bonds is 10. The van der Waals surface area contributed by atoms with Gasteiger partial charge in [-0.3, -0.25) is 14.4 Å². The van der Waals surface area contributed by atoms with E-state index >= 15 is 0 Å². The highest BCUT2D eigenvalue weighted by molar-refractivity contribution is 6.04. The number of benzene rings is 1. The summed E-state index contributed by atoms with van der Waals surface area (Å²) in [5.41, 5.74) is 1.59. The van der Waals surface area contributed by atoms with Gasteiger partial charge < -0.3 is 29.2 Å². The van der Waals surface area contributed by atoms with Crippen molar-refractivity contribution >= 4 is 23.6 Å². The smallest absolute Gasteiger partial charge is 0.340 e. The summed E-state index contributed by atoms with van der Waals surface area (Å²) in [6.45, 7) is 6.12. The largest absolute Gasteiger partial charge is 0.493 e. The summed E-state index contributed by atoms with van der Waals surface area (Å²) in [6.07, 6.45) is -1.14. The predicted octanol–water partition coefficient (Wildman–Crippen LogP) is 2.37. The summed E-state index contributed by atoms with van der Waals surface area (Å²) in [5, 5.41) is 2.44. The standard InChI is InChI=1S/C23H28N2O8/c1-7-32-23(29)19-12(2)20(25-13(19)3)21(27)14(4)33-18(26)11-24-22(28)15-8-9-16(30-5)17(10-15)31-6/h8-10,14,25H,7,11H2,1-6H3,(H,24,28). The van der Waals surface area contributed by atoms with E-state index in [9.17, 15) is 19.2 Å². The molecule has 1 aromatic carbocycles. The van der Waals surface area contributed by atoms with E-state index in [1.165, 1.54) is 33.3 Å². The molecule has 2 N–H and O–H groups in total. The van der Waals surface area contributed by atoms with Crippen molar-refractivity contribution < 1.29 is 38.1 Å². The molecule has 0 fully saturated rings. The quantitative estimate of drug-likeness (QED) is 0.408. The lowest BCUT2D eigenvalue weighted by atomic mass is 10.1. The van der Waals surface area contributed by atoms with Crippen molar-refractivity contribution in [1.82, 2.24) is 10.3 Å². The van der Waals surface area contributed by atoms with Crippen LogP contribution in [-0.4, -0.2) is 62.1 Å². The number of aryl methyl sites for hydroxylation is 1. The molecule has 0 saturated heterocycles. The number of hydrogen-bond acceptors (Lipinski definition) is 8. The van der Waals surface area contributed by atoms with Crippen LogP contribution in [0.15, 0.2) is 18.2 Å². The molecule has 1 amide bonds. The molecule has 1 heterocycles. The number of methoxy groups -OCH3 is 2. The molecule has 10 heteroatoms.